The molecule has 0 spiro atoms. The average molecular weight is 456 g/mol. The molecule has 0 aliphatic rings. The molecule has 164 valence electrons. The van der Waals surface area contributed by atoms with Gasteiger partial charge in [-0.05, 0) is 52.7 Å². The lowest BCUT2D eigenvalue weighted by Crippen LogP contribution is -2.14. The van der Waals surface area contributed by atoms with Gasteiger partial charge < -0.3 is 14.4 Å². The predicted octanol–water partition coefficient (Wildman–Crippen LogP) is 5.39. The van der Waals surface area contributed by atoms with E-state index in [-0.39, 0.29) is 6.42 Å². The molecular weight excluding hydrogens is 434 g/mol. The van der Waals surface area contributed by atoms with Crippen molar-refractivity contribution in [3.05, 3.63) is 103 Å². The van der Waals surface area contributed by atoms with Gasteiger partial charge in [0.05, 0.1) is 34.7 Å². The first-order chi connectivity index (χ1) is 16.1. The van der Waals surface area contributed by atoms with Gasteiger partial charge in [-0.2, -0.15) is 0 Å². The van der Waals surface area contributed by atoms with E-state index in [0.29, 0.717) is 16.1 Å². The Bertz CT molecular complexity index is 1480. The second kappa shape index (κ2) is 8.88. The number of hydrogen-bond acceptors (Lipinski definition) is 3. The van der Waals surface area contributed by atoms with Crippen LogP contribution in [0.3, 0.4) is 0 Å². The summed E-state index contributed by atoms with van der Waals surface area (Å²) in [7, 11) is -1.39. The van der Waals surface area contributed by atoms with Gasteiger partial charge >= 0.3 is 5.97 Å². The highest BCUT2D eigenvalue weighted by molar-refractivity contribution is 7.86. The standard InChI is InChI=1S/C26H21N3O3S/c30-26(31)16-25(20-11-10-18-6-4-5-7-19(18)14-20)29-17-27-23-15-21(12-13-24(23)29)28-33(32)22-8-2-1-3-9-22/h1-15,17,25,28H,16H2,(H,30,31). The van der Waals surface area contributed by atoms with Crippen LogP contribution >= 0.6 is 0 Å². The average Bonchev–Trinajstić information content (AvgIpc) is 3.25. The number of carboxylic acids is 1. The Hall–Kier alpha value is -3.97. The number of imidazole rings is 1. The molecule has 6 nitrogen and oxygen atoms in total. The van der Waals surface area contributed by atoms with Gasteiger partial charge in [0.15, 0.2) is 0 Å². The Morgan fingerprint density at radius 3 is 2.48 bits per heavy atom. The van der Waals surface area contributed by atoms with Crippen LogP contribution < -0.4 is 4.72 Å². The van der Waals surface area contributed by atoms with Crippen LogP contribution in [0.25, 0.3) is 21.8 Å². The summed E-state index contributed by atoms with van der Waals surface area (Å²) in [5, 5.41) is 11.8. The van der Waals surface area contributed by atoms with E-state index in [1.165, 1.54) is 0 Å². The van der Waals surface area contributed by atoms with E-state index in [1.807, 2.05) is 83.4 Å². The fourth-order valence-corrected chi connectivity index (χ4v) is 4.87. The number of nitrogens with one attached hydrogen (secondary N) is 1. The topological polar surface area (TPSA) is 84.2 Å². The summed E-state index contributed by atoms with van der Waals surface area (Å²) in [4.78, 5) is 16.9. The van der Waals surface area contributed by atoms with E-state index in [4.69, 9.17) is 0 Å². The third-order valence-electron chi connectivity index (χ3n) is 5.60. The van der Waals surface area contributed by atoms with Gasteiger partial charge in [0.2, 0.25) is 0 Å². The molecule has 5 aromatic rings. The Kier molecular flexibility index (Phi) is 5.62. The second-order valence-electron chi connectivity index (χ2n) is 7.76. The number of rotatable bonds is 7. The molecule has 0 bridgehead atoms. The summed E-state index contributed by atoms with van der Waals surface area (Å²) in [5.41, 5.74) is 3.09. The zero-order valence-electron chi connectivity index (χ0n) is 17.6. The maximum absolute atomic E-state index is 12.6. The fraction of sp³-hybridized carbons (Fsp3) is 0.0769. The molecule has 0 saturated heterocycles. The van der Waals surface area contributed by atoms with Crippen molar-refractivity contribution in [2.45, 2.75) is 17.4 Å². The van der Waals surface area contributed by atoms with Gasteiger partial charge in [0.1, 0.15) is 11.0 Å². The number of aromatic nitrogens is 2. The molecule has 5 rings (SSSR count). The van der Waals surface area contributed by atoms with Gasteiger partial charge in [-0.25, -0.2) is 9.19 Å². The molecule has 0 amide bonds. The zero-order valence-corrected chi connectivity index (χ0v) is 18.4. The number of carboxylic acid groups (broad SMARTS) is 1. The quantitative estimate of drug-likeness (QED) is 0.345. The SMILES string of the molecule is O=C(O)CC(c1ccc2ccccc2c1)n1cnc2cc(NS(=O)c3ccccc3)ccc21. The van der Waals surface area contributed by atoms with Crippen molar-refractivity contribution in [3.8, 4) is 0 Å². The molecule has 0 aliphatic heterocycles. The Balaban J connectivity index is 1.49. The van der Waals surface area contributed by atoms with E-state index in [1.54, 1.807) is 18.5 Å². The van der Waals surface area contributed by atoms with Crippen LogP contribution in [0.4, 0.5) is 5.69 Å². The largest absolute Gasteiger partial charge is 0.481 e. The van der Waals surface area contributed by atoms with Crippen molar-refractivity contribution in [1.82, 2.24) is 9.55 Å². The van der Waals surface area contributed by atoms with Crippen LogP contribution in [0.2, 0.25) is 0 Å². The summed E-state index contributed by atoms with van der Waals surface area (Å²) < 4.78 is 17.5. The van der Waals surface area contributed by atoms with Crippen LogP contribution in [0.1, 0.15) is 18.0 Å². The normalized spacial score (nSPS) is 13.1. The second-order valence-corrected chi connectivity index (χ2v) is 8.97. The molecule has 0 radical (unpaired) electrons. The number of hydrogen-bond donors (Lipinski definition) is 2. The minimum atomic E-state index is -1.39. The Morgan fingerprint density at radius 2 is 1.70 bits per heavy atom. The highest BCUT2D eigenvalue weighted by atomic mass is 32.2. The maximum Gasteiger partial charge on any atom is 0.305 e. The van der Waals surface area contributed by atoms with Crippen LogP contribution in [-0.2, 0) is 15.8 Å². The molecule has 7 heteroatoms. The molecule has 0 fully saturated rings. The molecule has 1 heterocycles. The third kappa shape index (κ3) is 4.36. The Morgan fingerprint density at radius 1 is 0.939 bits per heavy atom. The predicted molar refractivity (Wildman–Crippen MR) is 131 cm³/mol. The minimum Gasteiger partial charge on any atom is -0.481 e. The lowest BCUT2D eigenvalue weighted by Gasteiger charge is -2.19. The van der Waals surface area contributed by atoms with Crippen LogP contribution in [-0.4, -0.2) is 24.8 Å². The van der Waals surface area contributed by atoms with E-state index < -0.39 is 23.0 Å². The lowest BCUT2D eigenvalue weighted by molar-refractivity contribution is -0.137. The first-order valence-corrected chi connectivity index (χ1v) is 11.6. The van der Waals surface area contributed by atoms with Crippen LogP contribution in [0.15, 0.2) is 102 Å². The molecule has 2 unspecified atom stereocenters. The third-order valence-corrected chi connectivity index (χ3v) is 6.73. The minimum absolute atomic E-state index is 0.0676. The first-order valence-electron chi connectivity index (χ1n) is 10.5. The van der Waals surface area contributed by atoms with Gasteiger partial charge in [-0.1, -0.05) is 54.6 Å². The summed E-state index contributed by atoms with van der Waals surface area (Å²) in [6.07, 6.45) is 1.60. The molecule has 4 aromatic carbocycles. The monoisotopic (exact) mass is 455 g/mol. The number of aliphatic carboxylic acids is 1. The smallest absolute Gasteiger partial charge is 0.305 e. The van der Waals surface area contributed by atoms with Gasteiger partial charge in [0, 0.05) is 5.69 Å². The number of anilines is 1. The number of carbonyl (C=O) groups is 1. The first kappa shape index (κ1) is 20.9. The summed E-state index contributed by atoms with van der Waals surface area (Å²) >= 11 is 0. The molecular formula is C26H21N3O3S. The molecule has 2 N–H and O–H groups in total. The number of benzene rings is 4. The van der Waals surface area contributed by atoms with Crippen molar-refractivity contribution in [1.29, 1.82) is 0 Å². The summed E-state index contributed by atoms with van der Waals surface area (Å²) in [6, 6.07) is 28.3. The van der Waals surface area contributed by atoms with E-state index >= 15 is 0 Å². The molecule has 0 aliphatic carbocycles. The lowest BCUT2D eigenvalue weighted by atomic mass is 9.99. The van der Waals surface area contributed by atoms with Gasteiger partial charge in [0.25, 0.3) is 0 Å². The van der Waals surface area contributed by atoms with Crippen molar-refractivity contribution in [2.24, 2.45) is 0 Å². The van der Waals surface area contributed by atoms with Crippen molar-refractivity contribution in [2.75, 3.05) is 4.72 Å². The molecule has 33 heavy (non-hydrogen) atoms. The highest BCUT2D eigenvalue weighted by Crippen LogP contribution is 2.30. The maximum atomic E-state index is 12.6. The summed E-state index contributed by atoms with van der Waals surface area (Å²) in [6.45, 7) is 0. The fourth-order valence-electron chi connectivity index (χ4n) is 4.01. The molecule has 2 atom stereocenters. The molecule has 1 aromatic heterocycles. The highest BCUT2D eigenvalue weighted by Gasteiger charge is 2.20. The summed E-state index contributed by atoms with van der Waals surface area (Å²) in [5.74, 6) is -0.883. The van der Waals surface area contributed by atoms with Gasteiger partial charge in [-0.3, -0.25) is 4.79 Å². The van der Waals surface area contributed by atoms with Crippen molar-refractivity contribution in [3.63, 3.8) is 0 Å². The van der Waals surface area contributed by atoms with Gasteiger partial charge in [-0.15, -0.1) is 0 Å². The van der Waals surface area contributed by atoms with E-state index in [2.05, 4.69) is 9.71 Å². The van der Waals surface area contributed by atoms with Crippen molar-refractivity contribution >= 4 is 44.4 Å². The number of fused-ring (bicyclic) bond motifs is 2. The van der Waals surface area contributed by atoms with E-state index in [9.17, 15) is 14.1 Å². The van der Waals surface area contributed by atoms with Crippen LogP contribution in [0, 0.1) is 0 Å². The van der Waals surface area contributed by atoms with E-state index in [0.717, 1.165) is 21.9 Å². The van der Waals surface area contributed by atoms with Crippen LogP contribution in [0.5, 0.6) is 0 Å². The number of nitrogens with zero attached hydrogens (tertiary/aromatic N) is 2. The Labute approximate surface area is 193 Å². The van der Waals surface area contributed by atoms with Crippen molar-refractivity contribution < 1.29 is 14.1 Å². The molecule has 0 saturated carbocycles. The zero-order chi connectivity index (χ0) is 22.8.